The molecule has 2 rings (SSSR count). The molecule has 1 aliphatic carbocycles. The molecule has 0 heterocycles. The van der Waals surface area contributed by atoms with Crippen LogP contribution < -0.4 is 9.47 Å². The van der Waals surface area contributed by atoms with Crippen LogP contribution in [-0.4, -0.2) is 38.1 Å². The van der Waals surface area contributed by atoms with Gasteiger partial charge in [0.2, 0.25) is 5.91 Å². The van der Waals surface area contributed by atoms with Crippen molar-refractivity contribution in [2.24, 2.45) is 5.92 Å². The molecule has 1 amide bonds. The Morgan fingerprint density at radius 2 is 1.87 bits per heavy atom. The molecule has 23 heavy (non-hydrogen) atoms. The highest BCUT2D eigenvalue weighted by Gasteiger charge is 2.23. The number of carbonyl (C=O) groups is 1. The maximum absolute atomic E-state index is 12.4. The Hall–Kier alpha value is -1.97. The Bertz CT molecular complexity index is 560. The van der Waals surface area contributed by atoms with E-state index in [0.29, 0.717) is 11.8 Å². The molecule has 0 unspecified atom stereocenters. The molecule has 0 spiro atoms. The Labute approximate surface area is 139 Å². The van der Waals surface area contributed by atoms with Crippen molar-refractivity contribution in [3.63, 3.8) is 0 Å². The number of amides is 1. The van der Waals surface area contributed by atoms with Crippen LogP contribution in [0.5, 0.6) is 11.5 Å². The molecular weight excluding hydrogens is 290 g/mol. The standard InChI is InChI=1S/C19H27NO3/c1-14-5-9-16(10-6-14)20(2)19(21)12-8-15-7-11-17(22-3)13-18(15)23-4/h7-8,11-14,16H,5-6,9-10H2,1-4H3. The van der Waals surface area contributed by atoms with Crippen molar-refractivity contribution in [1.82, 2.24) is 4.90 Å². The molecule has 0 atom stereocenters. The average Bonchev–Trinajstić information content (AvgIpc) is 2.59. The molecule has 126 valence electrons. The number of hydrogen-bond acceptors (Lipinski definition) is 3. The largest absolute Gasteiger partial charge is 0.497 e. The summed E-state index contributed by atoms with van der Waals surface area (Å²) >= 11 is 0. The highest BCUT2D eigenvalue weighted by Crippen LogP contribution is 2.27. The van der Waals surface area contributed by atoms with Gasteiger partial charge in [-0.2, -0.15) is 0 Å². The molecule has 1 aromatic rings. The molecule has 4 nitrogen and oxygen atoms in total. The van der Waals surface area contributed by atoms with Gasteiger partial charge in [-0.25, -0.2) is 0 Å². The number of likely N-dealkylation sites (N-methyl/N-ethyl adjacent to an activating group) is 1. The number of benzene rings is 1. The van der Waals surface area contributed by atoms with Crippen molar-refractivity contribution in [1.29, 1.82) is 0 Å². The van der Waals surface area contributed by atoms with Gasteiger partial charge < -0.3 is 14.4 Å². The Kier molecular flexibility index (Phi) is 6.08. The van der Waals surface area contributed by atoms with Gasteiger partial charge in [0.25, 0.3) is 0 Å². The van der Waals surface area contributed by atoms with Crippen LogP contribution in [-0.2, 0) is 4.79 Å². The number of carbonyl (C=O) groups excluding carboxylic acids is 1. The van der Waals surface area contributed by atoms with Gasteiger partial charge in [0.1, 0.15) is 11.5 Å². The number of rotatable bonds is 5. The van der Waals surface area contributed by atoms with Crippen molar-refractivity contribution in [2.45, 2.75) is 38.6 Å². The summed E-state index contributed by atoms with van der Waals surface area (Å²) in [5.41, 5.74) is 0.868. The maximum atomic E-state index is 12.4. The first-order valence-corrected chi connectivity index (χ1v) is 8.22. The first-order valence-electron chi connectivity index (χ1n) is 8.22. The molecule has 1 fully saturated rings. The molecule has 0 aromatic heterocycles. The molecule has 0 saturated heterocycles. The van der Waals surface area contributed by atoms with Crippen LogP contribution in [0.2, 0.25) is 0 Å². The molecule has 4 heteroatoms. The molecule has 0 bridgehead atoms. The monoisotopic (exact) mass is 317 g/mol. The summed E-state index contributed by atoms with van der Waals surface area (Å²) in [5.74, 6) is 2.26. The number of hydrogen-bond donors (Lipinski definition) is 0. The van der Waals surface area contributed by atoms with E-state index in [0.717, 1.165) is 30.1 Å². The van der Waals surface area contributed by atoms with Gasteiger partial charge in [-0.15, -0.1) is 0 Å². The van der Waals surface area contributed by atoms with Crippen LogP contribution in [0.4, 0.5) is 0 Å². The molecule has 0 aliphatic heterocycles. The number of nitrogens with zero attached hydrogens (tertiary/aromatic N) is 1. The zero-order valence-electron chi connectivity index (χ0n) is 14.5. The average molecular weight is 317 g/mol. The lowest BCUT2D eigenvalue weighted by molar-refractivity contribution is -0.127. The van der Waals surface area contributed by atoms with Crippen LogP contribution >= 0.6 is 0 Å². The van der Waals surface area contributed by atoms with Gasteiger partial charge in [-0.05, 0) is 49.8 Å². The first kappa shape index (κ1) is 17.4. The topological polar surface area (TPSA) is 38.8 Å². The zero-order valence-corrected chi connectivity index (χ0v) is 14.5. The summed E-state index contributed by atoms with van der Waals surface area (Å²) in [6.45, 7) is 2.29. The van der Waals surface area contributed by atoms with E-state index in [2.05, 4.69) is 6.92 Å². The van der Waals surface area contributed by atoms with E-state index in [1.807, 2.05) is 36.2 Å². The fourth-order valence-electron chi connectivity index (χ4n) is 3.04. The summed E-state index contributed by atoms with van der Waals surface area (Å²) in [6.07, 6.45) is 8.05. The highest BCUT2D eigenvalue weighted by molar-refractivity contribution is 5.92. The second kappa shape index (κ2) is 8.04. The van der Waals surface area contributed by atoms with Crippen LogP contribution in [0.25, 0.3) is 6.08 Å². The van der Waals surface area contributed by atoms with Gasteiger partial charge >= 0.3 is 0 Å². The van der Waals surface area contributed by atoms with Crippen molar-refractivity contribution < 1.29 is 14.3 Å². The van der Waals surface area contributed by atoms with Crippen LogP contribution in [0.3, 0.4) is 0 Å². The van der Waals surface area contributed by atoms with Gasteiger partial charge in [0.15, 0.2) is 0 Å². The Balaban J connectivity index is 2.03. The van der Waals surface area contributed by atoms with E-state index in [1.165, 1.54) is 12.8 Å². The van der Waals surface area contributed by atoms with E-state index in [1.54, 1.807) is 20.3 Å². The number of methoxy groups -OCH3 is 2. The van der Waals surface area contributed by atoms with Crippen LogP contribution in [0, 0.1) is 5.92 Å². The van der Waals surface area contributed by atoms with Gasteiger partial charge in [-0.1, -0.05) is 6.92 Å². The summed E-state index contributed by atoms with van der Waals surface area (Å²) in [5, 5.41) is 0. The lowest BCUT2D eigenvalue weighted by Gasteiger charge is -2.33. The van der Waals surface area contributed by atoms with E-state index in [-0.39, 0.29) is 5.91 Å². The lowest BCUT2D eigenvalue weighted by Crippen LogP contribution is -2.38. The van der Waals surface area contributed by atoms with Crippen LogP contribution in [0.15, 0.2) is 24.3 Å². The molecule has 1 saturated carbocycles. The van der Waals surface area contributed by atoms with Crippen molar-refractivity contribution in [2.75, 3.05) is 21.3 Å². The van der Waals surface area contributed by atoms with E-state index in [9.17, 15) is 4.79 Å². The normalized spacial score (nSPS) is 21.2. The first-order chi connectivity index (χ1) is 11.0. The second-order valence-corrected chi connectivity index (χ2v) is 6.30. The predicted molar refractivity (Wildman–Crippen MR) is 92.8 cm³/mol. The zero-order chi connectivity index (χ0) is 16.8. The predicted octanol–water partition coefficient (Wildman–Crippen LogP) is 3.75. The SMILES string of the molecule is COc1ccc(C=CC(=O)N(C)C2CCC(C)CC2)c(OC)c1. The van der Waals surface area contributed by atoms with E-state index < -0.39 is 0 Å². The highest BCUT2D eigenvalue weighted by atomic mass is 16.5. The summed E-state index contributed by atoms with van der Waals surface area (Å²) in [7, 11) is 5.13. The number of ether oxygens (including phenoxy) is 2. The van der Waals surface area contributed by atoms with Crippen molar-refractivity contribution in [3.05, 3.63) is 29.8 Å². The fourth-order valence-corrected chi connectivity index (χ4v) is 3.04. The Morgan fingerprint density at radius 1 is 1.17 bits per heavy atom. The molecule has 0 N–H and O–H groups in total. The molecule has 1 aliphatic rings. The van der Waals surface area contributed by atoms with Gasteiger partial charge in [-0.3, -0.25) is 4.79 Å². The van der Waals surface area contributed by atoms with Crippen LogP contribution in [0.1, 0.15) is 38.2 Å². The Morgan fingerprint density at radius 3 is 2.48 bits per heavy atom. The summed E-state index contributed by atoms with van der Waals surface area (Å²) < 4.78 is 10.5. The second-order valence-electron chi connectivity index (χ2n) is 6.30. The van der Waals surface area contributed by atoms with E-state index >= 15 is 0 Å². The minimum atomic E-state index is 0.0439. The third-order valence-corrected chi connectivity index (χ3v) is 4.73. The smallest absolute Gasteiger partial charge is 0.246 e. The minimum absolute atomic E-state index is 0.0439. The lowest BCUT2D eigenvalue weighted by atomic mass is 9.87. The molecule has 1 aromatic carbocycles. The van der Waals surface area contributed by atoms with Crippen molar-refractivity contribution in [3.8, 4) is 11.5 Å². The van der Waals surface area contributed by atoms with Gasteiger partial charge in [0.05, 0.1) is 14.2 Å². The quantitative estimate of drug-likeness (QED) is 0.776. The summed E-state index contributed by atoms with van der Waals surface area (Å²) in [4.78, 5) is 14.3. The minimum Gasteiger partial charge on any atom is -0.497 e. The van der Waals surface area contributed by atoms with Gasteiger partial charge in [0, 0.05) is 30.8 Å². The third kappa shape index (κ3) is 4.50. The third-order valence-electron chi connectivity index (χ3n) is 4.73. The summed E-state index contributed by atoms with van der Waals surface area (Å²) in [6, 6.07) is 5.93. The van der Waals surface area contributed by atoms with Crippen molar-refractivity contribution >= 4 is 12.0 Å². The maximum Gasteiger partial charge on any atom is 0.246 e. The molecular formula is C19H27NO3. The van der Waals surface area contributed by atoms with E-state index in [4.69, 9.17) is 9.47 Å². The fraction of sp³-hybridized carbons (Fsp3) is 0.526. The molecule has 0 radical (unpaired) electrons.